The van der Waals surface area contributed by atoms with Gasteiger partial charge < -0.3 is 5.32 Å². The van der Waals surface area contributed by atoms with E-state index in [9.17, 15) is 18.0 Å². The molecule has 0 heterocycles. The number of benzene rings is 1. The summed E-state index contributed by atoms with van der Waals surface area (Å²) >= 11 is 0. The predicted octanol–water partition coefficient (Wildman–Crippen LogP) is -0.238. The van der Waals surface area contributed by atoms with E-state index in [0.717, 1.165) is 0 Å². The topological polar surface area (TPSA) is 101 Å². The van der Waals surface area contributed by atoms with Crippen LogP contribution in [0.3, 0.4) is 0 Å². The Bertz CT molecular complexity index is 523. The van der Waals surface area contributed by atoms with E-state index in [4.69, 9.17) is 4.55 Å². The first kappa shape index (κ1) is 13.3. The van der Waals surface area contributed by atoms with Crippen LogP contribution >= 0.6 is 0 Å². The van der Waals surface area contributed by atoms with Gasteiger partial charge in [-0.25, -0.2) is 0 Å². The SMILES string of the molecule is O=[C]c1ccccc1C(=O)NCCS(=O)(=O)O. The van der Waals surface area contributed by atoms with Gasteiger partial charge in [-0.2, -0.15) is 8.42 Å². The van der Waals surface area contributed by atoms with Gasteiger partial charge in [0.1, 0.15) is 0 Å². The molecule has 0 saturated carbocycles. The fourth-order valence-electron chi connectivity index (χ4n) is 1.16. The lowest BCUT2D eigenvalue weighted by Gasteiger charge is -2.05. The molecule has 1 aromatic carbocycles. The van der Waals surface area contributed by atoms with Crippen LogP contribution in [0.15, 0.2) is 24.3 Å². The van der Waals surface area contributed by atoms with Gasteiger partial charge in [-0.3, -0.25) is 14.1 Å². The van der Waals surface area contributed by atoms with Gasteiger partial charge in [0.15, 0.2) is 0 Å². The minimum Gasteiger partial charge on any atom is -0.351 e. The number of amides is 1. The van der Waals surface area contributed by atoms with E-state index in [2.05, 4.69) is 5.32 Å². The van der Waals surface area contributed by atoms with Crippen LogP contribution < -0.4 is 5.32 Å². The largest absolute Gasteiger partial charge is 0.351 e. The molecule has 1 amide bonds. The van der Waals surface area contributed by atoms with E-state index >= 15 is 0 Å². The number of carbonyl (C=O) groups is 1. The van der Waals surface area contributed by atoms with Crippen LogP contribution in [0.5, 0.6) is 0 Å². The Morgan fingerprint density at radius 2 is 2.00 bits per heavy atom. The molecule has 0 aliphatic rings. The Labute approximate surface area is 98.4 Å². The molecule has 1 aromatic rings. The summed E-state index contributed by atoms with van der Waals surface area (Å²) in [6.45, 7) is -0.231. The second kappa shape index (κ2) is 5.55. The summed E-state index contributed by atoms with van der Waals surface area (Å²) in [5.41, 5.74) is 0.203. The predicted molar refractivity (Wildman–Crippen MR) is 60.0 cm³/mol. The quantitative estimate of drug-likeness (QED) is 0.708. The van der Waals surface area contributed by atoms with Gasteiger partial charge in [0.2, 0.25) is 6.29 Å². The summed E-state index contributed by atoms with van der Waals surface area (Å²) in [4.78, 5) is 22.1. The smallest absolute Gasteiger partial charge is 0.266 e. The fraction of sp³-hybridized carbons (Fsp3) is 0.200. The number of nitrogens with one attached hydrogen (secondary N) is 1. The van der Waals surface area contributed by atoms with Crippen LogP contribution in [0.25, 0.3) is 0 Å². The van der Waals surface area contributed by atoms with Gasteiger partial charge in [-0.05, 0) is 6.07 Å². The highest BCUT2D eigenvalue weighted by molar-refractivity contribution is 7.85. The lowest BCUT2D eigenvalue weighted by molar-refractivity contribution is 0.0956. The third-order valence-electron chi connectivity index (χ3n) is 1.93. The number of hydrogen-bond donors (Lipinski definition) is 2. The zero-order valence-corrected chi connectivity index (χ0v) is 9.53. The monoisotopic (exact) mass is 256 g/mol. The molecule has 0 saturated heterocycles. The number of hydrogen-bond acceptors (Lipinski definition) is 4. The molecule has 0 aliphatic heterocycles. The molecular weight excluding hydrogens is 246 g/mol. The minimum atomic E-state index is -4.11. The summed E-state index contributed by atoms with van der Waals surface area (Å²) in [5.74, 6) is -1.17. The van der Waals surface area contributed by atoms with E-state index in [-0.39, 0.29) is 17.7 Å². The average Bonchev–Trinajstić information content (AvgIpc) is 2.27. The molecule has 0 bridgehead atoms. The Morgan fingerprint density at radius 1 is 1.35 bits per heavy atom. The van der Waals surface area contributed by atoms with Crippen LogP contribution in [0.1, 0.15) is 15.9 Å². The lowest BCUT2D eigenvalue weighted by Crippen LogP contribution is -2.29. The van der Waals surface area contributed by atoms with E-state index in [1.54, 1.807) is 18.4 Å². The molecule has 7 heteroatoms. The number of carbonyl (C=O) groups excluding carboxylic acids is 2. The Morgan fingerprint density at radius 3 is 2.59 bits per heavy atom. The van der Waals surface area contributed by atoms with E-state index in [0.29, 0.717) is 0 Å². The summed E-state index contributed by atoms with van der Waals surface area (Å²) in [7, 11) is -4.11. The third kappa shape index (κ3) is 4.33. The third-order valence-corrected chi connectivity index (χ3v) is 2.65. The molecule has 1 radical (unpaired) electrons. The van der Waals surface area contributed by atoms with Crippen LogP contribution in [-0.4, -0.2) is 37.5 Å². The normalized spacial score (nSPS) is 10.9. The van der Waals surface area contributed by atoms with Crippen molar-refractivity contribution in [3.63, 3.8) is 0 Å². The molecule has 0 aliphatic carbocycles. The maximum Gasteiger partial charge on any atom is 0.266 e. The second-order valence-electron chi connectivity index (χ2n) is 3.19. The van der Waals surface area contributed by atoms with E-state index in [1.165, 1.54) is 12.1 Å². The first-order valence-corrected chi connectivity index (χ1v) is 6.25. The molecular formula is C10H10NO5S. The van der Waals surface area contributed by atoms with Crippen LogP contribution in [0.2, 0.25) is 0 Å². The summed E-state index contributed by atoms with van der Waals surface area (Å²) < 4.78 is 29.3. The van der Waals surface area contributed by atoms with Crippen molar-refractivity contribution >= 4 is 22.3 Å². The molecule has 0 unspecified atom stereocenters. The molecule has 0 fully saturated rings. The zero-order chi connectivity index (χ0) is 12.9. The fourth-order valence-corrected chi connectivity index (χ4v) is 1.52. The molecule has 0 spiro atoms. The standard InChI is InChI=1S/C10H10NO5S/c12-7-8-3-1-2-4-9(8)10(13)11-5-6-17(14,15)16/h1-4H,5-6H2,(H,11,13)(H,14,15,16). The van der Waals surface area contributed by atoms with Crippen molar-refractivity contribution in [2.45, 2.75) is 0 Å². The van der Waals surface area contributed by atoms with E-state index < -0.39 is 21.8 Å². The lowest BCUT2D eigenvalue weighted by atomic mass is 10.1. The van der Waals surface area contributed by atoms with Crippen molar-refractivity contribution in [3.8, 4) is 0 Å². The Hall–Kier alpha value is -1.73. The molecule has 1 rings (SSSR count). The molecule has 0 aromatic heterocycles. The van der Waals surface area contributed by atoms with Crippen LogP contribution in [0.4, 0.5) is 0 Å². The van der Waals surface area contributed by atoms with Crippen molar-refractivity contribution in [2.75, 3.05) is 12.3 Å². The molecule has 91 valence electrons. The van der Waals surface area contributed by atoms with Gasteiger partial charge in [0, 0.05) is 12.1 Å². The van der Waals surface area contributed by atoms with Crippen molar-refractivity contribution < 1.29 is 22.6 Å². The summed E-state index contributed by atoms with van der Waals surface area (Å²) in [6.07, 6.45) is 1.60. The van der Waals surface area contributed by atoms with Crippen molar-refractivity contribution in [2.24, 2.45) is 0 Å². The van der Waals surface area contributed by atoms with Crippen LogP contribution in [0, 0.1) is 0 Å². The Balaban J connectivity index is 2.67. The zero-order valence-electron chi connectivity index (χ0n) is 8.71. The van der Waals surface area contributed by atoms with Crippen LogP contribution in [-0.2, 0) is 14.9 Å². The molecule has 17 heavy (non-hydrogen) atoms. The Kier molecular flexibility index (Phi) is 4.36. The first-order valence-electron chi connectivity index (χ1n) is 4.64. The van der Waals surface area contributed by atoms with Crippen molar-refractivity contribution in [3.05, 3.63) is 35.4 Å². The molecule has 6 nitrogen and oxygen atoms in total. The maximum atomic E-state index is 11.5. The first-order chi connectivity index (χ1) is 7.94. The summed E-state index contributed by atoms with van der Waals surface area (Å²) in [6, 6.07) is 5.99. The van der Waals surface area contributed by atoms with Crippen molar-refractivity contribution in [1.29, 1.82) is 0 Å². The van der Waals surface area contributed by atoms with E-state index in [1.807, 2.05) is 0 Å². The van der Waals surface area contributed by atoms with Crippen molar-refractivity contribution in [1.82, 2.24) is 5.32 Å². The average molecular weight is 256 g/mol. The van der Waals surface area contributed by atoms with Gasteiger partial charge in [-0.1, -0.05) is 18.2 Å². The van der Waals surface area contributed by atoms with Gasteiger partial charge in [-0.15, -0.1) is 0 Å². The second-order valence-corrected chi connectivity index (χ2v) is 4.76. The maximum absolute atomic E-state index is 11.5. The van der Waals surface area contributed by atoms with Gasteiger partial charge in [0.05, 0.1) is 11.3 Å². The molecule has 2 N–H and O–H groups in total. The highest BCUT2D eigenvalue weighted by Gasteiger charge is 2.11. The minimum absolute atomic E-state index is 0.0943. The highest BCUT2D eigenvalue weighted by atomic mass is 32.2. The molecule has 0 atom stereocenters. The van der Waals surface area contributed by atoms with Gasteiger partial charge in [0.25, 0.3) is 16.0 Å². The van der Waals surface area contributed by atoms with Gasteiger partial charge >= 0.3 is 0 Å². The highest BCUT2D eigenvalue weighted by Crippen LogP contribution is 2.05. The number of rotatable bonds is 5. The summed E-state index contributed by atoms with van der Waals surface area (Å²) in [5, 5.41) is 2.27.